The topological polar surface area (TPSA) is 37.3 Å². The quantitative estimate of drug-likeness (QED) is 0.804. The number of fused-ring (bicyclic) bond motifs is 1. The van der Waals surface area contributed by atoms with Gasteiger partial charge in [-0.15, -0.1) is 0 Å². The van der Waals surface area contributed by atoms with Crippen LogP contribution in [0.3, 0.4) is 0 Å². The van der Waals surface area contributed by atoms with Crippen LogP contribution in [0.5, 0.6) is 0 Å². The fourth-order valence-electron chi connectivity index (χ4n) is 4.05. The number of aryl methyl sites for hydroxylation is 2. The average molecular weight is 305 g/mol. The van der Waals surface area contributed by atoms with Crippen LogP contribution in [0.1, 0.15) is 42.9 Å². The molecule has 2 nitrogen and oxygen atoms in total. The maximum absolute atomic E-state index is 12.8. The summed E-state index contributed by atoms with van der Waals surface area (Å²) < 4.78 is 0. The molecule has 0 aliphatic heterocycles. The van der Waals surface area contributed by atoms with E-state index in [9.17, 15) is 9.90 Å². The van der Waals surface area contributed by atoms with Crippen molar-refractivity contribution in [2.24, 2.45) is 17.8 Å². The van der Waals surface area contributed by atoms with Crippen LogP contribution in [0.15, 0.2) is 17.9 Å². The first kappa shape index (κ1) is 14.6. The number of benzene rings is 1. The van der Waals surface area contributed by atoms with E-state index in [4.69, 9.17) is 11.6 Å². The van der Waals surface area contributed by atoms with E-state index in [0.29, 0.717) is 22.3 Å². The minimum absolute atomic E-state index is 0.0192. The van der Waals surface area contributed by atoms with Crippen molar-refractivity contribution in [1.82, 2.24) is 0 Å². The highest BCUT2D eigenvalue weighted by atomic mass is 35.5. The Kier molecular flexibility index (Phi) is 3.61. The molecule has 1 saturated carbocycles. The predicted octanol–water partition coefficient (Wildman–Crippen LogP) is 4.86. The lowest BCUT2D eigenvalue weighted by molar-refractivity contribution is -0.118. The number of aliphatic hydroxyl groups is 1. The Morgan fingerprint density at radius 2 is 1.76 bits per heavy atom. The summed E-state index contributed by atoms with van der Waals surface area (Å²) in [5, 5.41) is 11.3. The fraction of sp³-hybridized carbons (Fsp3) is 0.500. The molecule has 0 heterocycles. The maximum atomic E-state index is 12.8. The van der Waals surface area contributed by atoms with Gasteiger partial charge >= 0.3 is 0 Å². The number of halogens is 1. The third kappa shape index (κ3) is 2.30. The molecule has 3 unspecified atom stereocenters. The number of allylic oxidation sites excluding steroid dienone is 2. The van der Waals surface area contributed by atoms with Crippen LogP contribution in [0.25, 0.3) is 5.57 Å². The lowest BCUT2D eigenvalue weighted by Crippen LogP contribution is -2.25. The Hall–Kier alpha value is -1.28. The van der Waals surface area contributed by atoms with Crippen LogP contribution in [0.4, 0.5) is 0 Å². The highest BCUT2D eigenvalue weighted by Crippen LogP contribution is 2.48. The van der Waals surface area contributed by atoms with E-state index in [1.165, 1.54) is 0 Å². The first-order chi connectivity index (χ1) is 9.90. The van der Waals surface area contributed by atoms with Crippen molar-refractivity contribution < 1.29 is 9.90 Å². The van der Waals surface area contributed by atoms with Gasteiger partial charge in [0, 0.05) is 16.9 Å². The second kappa shape index (κ2) is 5.17. The summed E-state index contributed by atoms with van der Waals surface area (Å²) in [5.41, 5.74) is 3.35. The molecular formula is C18H21ClO2. The zero-order valence-electron chi connectivity index (χ0n) is 12.7. The van der Waals surface area contributed by atoms with E-state index in [1.807, 2.05) is 26.0 Å². The number of carbonyl (C=O) groups is 1. The van der Waals surface area contributed by atoms with Gasteiger partial charge < -0.3 is 5.11 Å². The van der Waals surface area contributed by atoms with Gasteiger partial charge in [-0.3, -0.25) is 4.79 Å². The number of ketones is 1. The van der Waals surface area contributed by atoms with Crippen molar-refractivity contribution in [3.63, 3.8) is 0 Å². The third-order valence-corrected chi connectivity index (χ3v) is 5.27. The Morgan fingerprint density at radius 1 is 1.14 bits per heavy atom. The molecular weight excluding hydrogens is 284 g/mol. The molecule has 0 saturated heterocycles. The van der Waals surface area contributed by atoms with Gasteiger partial charge in [0.25, 0.3) is 0 Å². The van der Waals surface area contributed by atoms with Crippen molar-refractivity contribution >= 4 is 23.0 Å². The maximum Gasteiger partial charge on any atom is 0.170 e. The van der Waals surface area contributed by atoms with E-state index >= 15 is 0 Å². The molecule has 1 N–H and O–H groups in total. The summed E-state index contributed by atoms with van der Waals surface area (Å²) >= 11 is 6.08. The first-order valence-electron chi connectivity index (χ1n) is 7.64. The molecule has 0 aromatic heterocycles. The Bertz CT molecular complexity index is 622. The molecule has 3 rings (SSSR count). The summed E-state index contributed by atoms with van der Waals surface area (Å²) in [4.78, 5) is 12.8. The molecule has 0 amide bonds. The van der Waals surface area contributed by atoms with E-state index < -0.39 is 0 Å². The van der Waals surface area contributed by atoms with Crippen LogP contribution >= 0.6 is 11.6 Å². The van der Waals surface area contributed by atoms with E-state index in [-0.39, 0.29) is 17.6 Å². The standard InChI is InChI=1S/C18H21ClO2/c1-9-4-5-13-14(6-9)18(21)16(17(13)20)15-10(2)7-12(19)8-11(15)3/h7-9,13-14,21H,4-6H2,1-3H3. The number of rotatable bonds is 1. The first-order valence-corrected chi connectivity index (χ1v) is 8.02. The van der Waals surface area contributed by atoms with E-state index in [0.717, 1.165) is 36.0 Å². The average Bonchev–Trinajstić information content (AvgIpc) is 2.62. The van der Waals surface area contributed by atoms with Gasteiger partial charge in [-0.05, 0) is 67.9 Å². The number of Topliss-reactive ketones (excluding diaryl/α,β-unsaturated/α-hetero) is 1. The van der Waals surface area contributed by atoms with Crippen molar-refractivity contribution in [2.75, 3.05) is 0 Å². The van der Waals surface area contributed by atoms with Crippen LogP contribution < -0.4 is 0 Å². The van der Waals surface area contributed by atoms with Gasteiger partial charge in [0.1, 0.15) is 5.76 Å². The van der Waals surface area contributed by atoms with Crippen LogP contribution in [0, 0.1) is 31.6 Å². The van der Waals surface area contributed by atoms with E-state index in [1.54, 1.807) is 0 Å². The predicted molar refractivity (Wildman–Crippen MR) is 85.5 cm³/mol. The summed E-state index contributed by atoms with van der Waals surface area (Å²) in [6.07, 6.45) is 2.88. The minimum atomic E-state index is -0.0225. The van der Waals surface area contributed by atoms with Gasteiger partial charge in [0.15, 0.2) is 5.78 Å². The van der Waals surface area contributed by atoms with Crippen LogP contribution in [-0.4, -0.2) is 10.9 Å². The van der Waals surface area contributed by atoms with Crippen molar-refractivity contribution in [1.29, 1.82) is 0 Å². The number of aliphatic hydroxyl groups excluding tert-OH is 1. The molecule has 0 radical (unpaired) electrons. The van der Waals surface area contributed by atoms with E-state index in [2.05, 4.69) is 6.92 Å². The SMILES string of the molecule is Cc1cc(Cl)cc(C)c1C1=C(O)C2CC(C)CCC2C1=O. The molecule has 0 bridgehead atoms. The Labute approximate surface area is 130 Å². The third-order valence-electron chi connectivity index (χ3n) is 5.05. The smallest absolute Gasteiger partial charge is 0.170 e. The molecule has 112 valence electrons. The van der Waals surface area contributed by atoms with Gasteiger partial charge in [-0.25, -0.2) is 0 Å². The normalized spacial score (nSPS) is 29.0. The molecule has 2 aliphatic carbocycles. The molecule has 21 heavy (non-hydrogen) atoms. The highest BCUT2D eigenvalue weighted by Gasteiger charge is 2.45. The Balaban J connectivity index is 2.12. The van der Waals surface area contributed by atoms with Crippen molar-refractivity contribution in [3.8, 4) is 0 Å². The molecule has 1 aromatic carbocycles. The summed E-state index contributed by atoms with van der Waals surface area (Å²) in [7, 11) is 0. The minimum Gasteiger partial charge on any atom is -0.511 e. The van der Waals surface area contributed by atoms with Crippen molar-refractivity contribution in [3.05, 3.63) is 39.6 Å². The lowest BCUT2D eigenvalue weighted by Gasteiger charge is -2.28. The van der Waals surface area contributed by atoms with Crippen molar-refractivity contribution in [2.45, 2.75) is 40.0 Å². The number of hydrogen-bond donors (Lipinski definition) is 1. The fourth-order valence-corrected chi connectivity index (χ4v) is 4.38. The van der Waals surface area contributed by atoms with Gasteiger partial charge in [-0.1, -0.05) is 18.5 Å². The van der Waals surface area contributed by atoms with Crippen LogP contribution in [-0.2, 0) is 4.79 Å². The summed E-state index contributed by atoms with van der Waals surface area (Å²) in [6, 6.07) is 3.73. The zero-order valence-corrected chi connectivity index (χ0v) is 13.5. The highest BCUT2D eigenvalue weighted by molar-refractivity contribution is 6.31. The van der Waals surface area contributed by atoms with Gasteiger partial charge in [-0.2, -0.15) is 0 Å². The molecule has 1 fully saturated rings. The lowest BCUT2D eigenvalue weighted by atomic mass is 9.75. The number of hydrogen-bond acceptors (Lipinski definition) is 2. The summed E-state index contributed by atoms with van der Waals surface area (Å²) in [6.45, 7) is 6.10. The van der Waals surface area contributed by atoms with Gasteiger partial charge in [0.2, 0.25) is 0 Å². The van der Waals surface area contributed by atoms with Gasteiger partial charge in [0.05, 0.1) is 5.57 Å². The molecule has 2 aliphatic rings. The molecule has 3 heteroatoms. The summed E-state index contributed by atoms with van der Waals surface area (Å²) in [5.74, 6) is 1.01. The molecule has 3 atom stereocenters. The van der Waals surface area contributed by atoms with Crippen LogP contribution in [0.2, 0.25) is 5.02 Å². The number of carbonyl (C=O) groups excluding carboxylic acids is 1. The zero-order chi connectivity index (χ0) is 15.3. The Morgan fingerprint density at radius 3 is 2.38 bits per heavy atom. The second-order valence-corrected chi connectivity index (χ2v) is 7.11. The largest absolute Gasteiger partial charge is 0.511 e. The second-order valence-electron chi connectivity index (χ2n) is 6.67. The molecule has 0 spiro atoms. The molecule has 1 aromatic rings. The monoisotopic (exact) mass is 304 g/mol.